The molecule has 1 saturated heterocycles. The van der Waals surface area contributed by atoms with Crippen molar-refractivity contribution in [3.63, 3.8) is 0 Å². The largest absolute Gasteiger partial charge is 0.354 e. The first-order valence-electron chi connectivity index (χ1n) is 9.09. The average Bonchev–Trinajstić information content (AvgIpc) is 3.02. The van der Waals surface area contributed by atoms with Gasteiger partial charge in [0.15, 0.2) is 9.84 Å². The van der Waals surface area contributed by atoms with E-state index in [9.17, 15) is 13.2 Å². The van der Waals surface area contributed by atoms with Crippen LogP contribution in [0.5, 0.6) is 0 Å². The van der Waals surface area contributed by atoms with Gasteiger partial charge in [0.05, 0.1) is 29.0 Å². The number of benzene rings is 1. The van der Waals surface area contributed by atoms with Crippen molar-refractivity contribution >= 4 is 27.1 Å². The molecule has 0 radical (unpaired) electrons. The minimum absolute atomic E-state index is 0.0314. The Morgan fingerprint density at radius 3 is 2.78 bits per heavy atom. The molecule has 6 nitrogen and oxygen atoms in total. The number of sulfone groups is 1. The molecule has 1 amide bonds. The van der Waals surface area contributed by atoms with Gasteiger partial charge in [0.25, 0.3) is 5.91 Å². The highest BCUT2D eigenvalue weighted by molar-refractivity contribution is 7.91. The van der Waals surface area contributed by atoms with Gasteiger partial charge in [0.1, 0.15) is 0 Å². The molecule has 1 N–H and O–H groups in total. The summed E-state index contributed by atoms with van der Waals surface area (Å²) >= 11 is 0. The number of anilines is 2. The summed E-state index contributed by atoms with van der Waals surface area (Å²) in [4.78, 5) is 18.5. The first kappa shape index (κ1) is 19.4. The van der Waals surface area contributed by atoms with Crippen molar-refractivity contribution in [1.29, 1.82) is 0 Å². The van der Waals surface area contributed by atoms with Gasteiger partial charge in [-0.05, 0) is 37.0 Å². The van der Waals surface area contributed by atoms with E-state index < -0.39 is 9.84 Å². The third-order valence-corrected chi connectivity index (χ3v) is 6.82. The number of aromatic nitrogens is 1. The predicted molar refractivity (Wildman–Crippen MR) is 107 cm³/mol. The van der Waals surface area contributed by atoms with E-state index in [0.29, 0.717) is 12.0 Å². The Hall–Kier alpha value is -2.41. The Labute approximate surface area is 160 Å². The van der Waals surface area contributed by atoms with Crippen LogP contribution in [0.1, 0.15) is 34.8 Å². The van der Waals surface area contributed by atoms with Gasteiger partial charge in [-0.3, -0.25) is 9.78 Å². The zero-order valence-corrected chi connectivity index (χ0v) is 16.7. The van der Waals surface area contributed by atoms with Crippen LogP contribution in [0.25, 0.3) is 0 Å². The topological polar surface area (TPSA) is 79.4 Å². The van der Waals surface area contributed by atoms with Crippen LogP contribution >= 0.6 is 0 Å². The molecule has 0 saturated carbocycles. The molecule has 2 heterocycles. The lowest BCUT2D eigenvalue weighted by molar-refractivity contribution is 0.0747. The molecule has 1 unspecified atom stereocenters. The molecule has 1 aromatic heterocycles. The van der Waals surface area contributed by atoms with Crippen LogP contribution in [-0.2, 0) is 16.3 Å². The first-order chi connectivity index (χ1) is 12.8. The van der Waals surface area contributed by atoms with Crippen LogP contribution in [0.3, 0.4) is 0 Å². The van der Waals surface area contributed by atoms with Crippen molar-refractivity contribution in [3.05, 3.63) is 53.3 Å². The molecular weight excluding hydrogens is 362 g/mol. The van der Waals surface area contributed by atoms with E-state index in [1.165, 1.54) is 16.7 Å². The van der Waals surface area contributed by atoms with Crippen LogP contribution in [0.4, 0.5) is 11.4 Å². The number of carbonyl (C=O) groups excluding carboxylic acids is 1. The molecule has 2 aromatic rings. The van der Waals surface area contributed by atoms with Gasteiger partial charge in [0.2, 0.25) is 0 Å². The van der Waals surface area contributed by atoms with Crippen molar-refractivity contribution in [3.8, 4) is 0 Å². The minimum atomic E-state index is -3.04. The lowest BCUT2D eigenvalue weighted by Crippen LogP contribution is -2.37. The highest BCUT2D eigenvalue weighted by Crippen LogP contribution is 2.26. The summed E-state index contributed by atoms with van der Waals surface area (Å²) in [5.74, 6) is -0.0416. The predicted octanol–water partition coefficient (Wildman–Crippen LogP) is 2.96. The number of para-hydroxylation sites is 1. The van der Waals surface area contributed by atoms with Crippen LogP contribution < -0.4 is 5.32 Å². The van der Waals surface area contributed by atoms with Gasteiger partial charge in [0, 0.05) is 25.0 Å². The molecule has 0 spiro atoms. The Morgan fingerprint density at radius 2 is 2.11 bits per heavy atom. The maximum Gasteiger partial charge on any atom is 0.255 e. The summed E-state index contributed by atoms with van der Waals surface area (Å²) in [6.07, 6.45) is 4.59. The normalized spacial score (nSPS) is 18.3. The smallest absolute Gasteiger partial charge is 0.255 e. The van der Waals surface area contributed by atoms with Gasteiger partial charge < -0.3 is 10.2 Å². The zero-order chi connectivity index (χ0) is 19.6. The highest BCUT2D eigenvalue weighted by Gasteiger charge is 2.33. The lowest BCUT2D eigenvalue weighted by Gasteiger charge is -2.23. The molecule has 27 heavy (non-hydrogen) atoms. The quantitative estimate of drug-likeness (QED) is 0.853. The molecule has 0 bridgehead atoms. The summed E-state index contributed by atoms with van der Waals surface area (Å²) in [6, 6.07) is 7.63. The molecule has 1 fully saturated rings. The summed E-state index contributed by atoms with van der Waals surface area (Å²) in [7, 11) is -1.38. The third kappa shape index (κ3) is 4.30. The van der Waals surface area contributed by atoms with E-state index in [1.807, 2.05) is 19.1 Å². The van der Waals surface area contributed by atoms with Gasteiger partial charge >= 0.3 is 0 Å². The summed E-state index contributed by atoms with van der Waals surface area (Å²) in [5.41, 5.74) is 4.52. The number of carbonyl (C=O) groups is 1. The number of hydrogen-bond acceptors (Lipinski definition) is 5. The van der Waals surface area contributed by atoms with Crippen molar-refractivity contribution < 1.29 is 13.2 Å². The molecule has 1 atom stereocenters. The maximum atomic E-state index is 12.8. The highest BCUT2D eigenvalue weighted by atomic mass is 32.2. The Morgan fingerprint density at radius 1 is 1.33 bits per heavy atom. The molecule has 1 aromatic carbocycles. The molecule has 1 aliphatic rings. The molecule has 144 valence electrons. The SMILES string of the molecule is CCc1cccc(C)c1Nc1cncc(C(=O)N(C)C2CCS(=O)(=O)C2)c1. The van der Waals surface area contributed by atoms with Crippen molar-refractivity contribution in [2.75, 3.05) is 23.9 Å². The molecule has 3 rings (SSSR count). The lowest BCUT2D eigenvalue weighted by atomic mass is 10.1. The average molecular weight is 388 g/mol. The van der Waals surface area contributed by atoms with E-state index in [2.05, 4.69) is 23.3 Å². The Balaban J connectivity index is 1.81. The maximum absolute atomic E-state index is 12.8. The van der Waals surface area contributed by atoms with Crippen molar-refractivity contribution in [2.45, 2.75) is 32.7 Å². The Bertz CT molecular complexity index is 957. The summed E-state index contributed by atoms with van der Waals surface area (Å²) in [5, 5.41) is 3.38. The van der Waals surface area contributed by atoms with E-state index in [4.69, 9.17) is 0 Å². The van der Waals surface area contributed by atoms with Crippen molar-refractivity contribution in [2.24, 2.45) is 0 Å². The second-order valence-electron chi connectivity index (χ2n) is 7.02. The summed E-state index contributed by atoms with van der Waals surface area (Å²) in [6.45, 7) is 4.14. The fraction of sp³-hybridized carbons (Fsp3) is 0.400. The van der Waals surface area contributed by atoms with Crippen LogP contribution in [-0.4, -0.2) is 48.8 Å². The van der Waals surface area contributed by atoms with E-state index in [1.54, 1.807) is 19.3 Å². The Kier molecular flexibility index (Phi) is 5.51. The number of amides is 1. The minimum Gasteiger partial charge on any atom is -0.354 e. The van der Waals surface area contributed by atoms with Crippen LogP contribution in [0.2, 0.25) is 0 Å². The van der Waals surface area contributed by atoms with Gasteiger partial charge in [-0.2, -0.15) is 0 Å². The van der Waals surface area contributed by atoms with Crippen LogP contribution in [0.15, 0.2) is 36.7 Å². The molecule has 7 heteroatoms. The summed E-state index contributed by atoms with van der Waals surface area (Å²) < 4.78 is 23.4. The fourth-order valence-corrected chi connectivity index (χ4v) is 5.20. The molecule has 0 aliphatic carbocycles. The standard InChI is InChI=1S/C20H25N3O3S/c1-4-15-7-5-6-14(2)19(15)22-17-10-16(11-21-12-17)20(24)23(3)18-8-9-27(25,26)13-18/h5-7,10-12,18,22H,4,8-9,13H2,1-3H3. The number of nitrogens with zero attached hydrogens (tertiary/aromatic N) is 2. The van der Waals surface area contributed by atoms with E-state index >= 15 is 0 Å². The van der Waals surface area contributed by atoms with Gasteiger partial charge in [-0.25, -0.2) is 8.42 Å². The number of pyridine rings is 1. The fourth-order valence-electron chi connectivity index (χ4n) is 3.42. The number of aryl methyl sites for hydroxylation is 2. The second-order valence-corrected chi connectivity index (χ2v) is 9.25. The van der Waals surface area contributed by atoms with E-state index in [0.717, 1.165) is 23.4 Å². The first-order valence-corrected chi connectivity index (χ1v) is 10.9. The third-order valence-electron chi connectivity index (χ3n) is 5.07. The number of nitrogens with one attached hydrogen (secondary N) is 1. The van der Waals surface area contributed by atoms with Gasteiger partial charge in [-0.1, -0.05) is 25.1 Å². The van der Waals surface area contributed by atoms with Crippen LogP contribution in [0, 0.1) is 6.92 Å². The second kappa shape index (κ2) is 7.68. The molecular formula is C20H25N3O3S. The monoisotopic (exact) mass is 387 g/mol. The van der Waals surface area contributed by atoms with Crippen molar-refractivity contribution in [1.82, 2.24) is 9.88 Å². The number of rotatable bonds is 5. The number of hydrogen-bond donors (Lipinski definition) is 1. The van der Waals surface area contributed by atoms with Gasteiger partial charge in [-0.15, -0.1) is 0 Å². The zero-order valence-electron chi connectivity index (χ0n) is 15.9. The van der Waals surface area contributed by atoms with E-state index in [-0.39, 0.29) is 23.5 Å². The molecule has 1 aliphatic heterocycles.